The molecule has 6 nitrogen and oxygen atoms in total. The third-order valence-corrected chi connectivity index (χ3v) is 3.81. The molecule has 0 aliphatic carbocycles. The summed E-state index contributed by atoms with van der Waals surface area (Å²) < 4.78 is 5.32. The van der Waals surface area contributed by atoms with E-state index in [0.717, 1.165) is 43.8 Å². The van der Waals surface area contributed by atoms with Crippen molar-refractivity contribution in [2.75, 3.05) is 31.1 Å². The minimum atomic E-state index is 0.694. The van der Waals surface area contributed by atoms with Gasteiger partial charge in [-0.15, -0.1) is 5.10 Å². The minimum Gasteiger partial charge on any atom is -0.461 e. The number of nitrogens with zero attached hydrogens (tertiary/aromatic N) is 3. The highest BCUT2D eigenvalue weighted by Crippen LogP contribution is 2.22. The van der Waals surface area contributed by atoms with Crippen LogP contribution in [0.2, 0.25) is 0 Å². The maximum absolute atomic E-state index is 5.32. The van der Waals surface area contributed by atoms with Gasteiger partial charge in [-0.05, 0) is 44.0 Å². The fraction of sp³-hybridized carbons (Fsp3) is 0.571. The molecule has 3 heterocycles. The maximum atomic E-state index is 5.32. The minimum absolute atomic E-state index is 0.694. The van der Waals surface area contributed by atoms with Crippen LogP contribution in [-0.4, -0.2) is 41.4 Å². The van der Waals surface area contributed by atoms with E-state index in [1.165, 1.54) is 12.8 Å². The summed E-state index contributed by atoms with van der Waals surface area (Å²) in [5.41, 5.74) is 0. The lowest BCUT2D eigenvalue weighted by Gasteiger charge is -2.31. The van der Waals surface area contributed by atoms with Crippen LogP contribution in [-0.2, 0) is 0 Å². The van der Waals surface area contributed by atoms with Crippen molar-refractivity contribution in [2.24, 2.45) is 5.92 Å². The second-order valence-corrected chi connectivity index (χ2v) is 5.20. The van der Waals surface area contributed by atoms with Crippen LogP contribution in [0.5, 0.6) is 0 Å². The van der Waals surface area contributed by atoms with E-state index in [4.69, 9.17) is 4.42 Å². The zero-order chi connectivity index (χ0) is 13.8. The molecule has 3 rings (SSSR count). The van der Waals surface area contributed by atoms with Gasteiger partial charge in [-0.2, -0.15) is 4.98 Å². The lowest BCUT2D eigenvalue weighted by atomic mass is 9.97. The Morgan fingerprint density at radius 3 is 3.00 bits per heavy atom. The molecule has 0 unspecified atom stereocenters. The molecule has 1 fully saturated rings. The van der Waals surface area contributed by atoms with E-state index in [9.17, 15) is 0 Å². The smallest absolute Gasteiger partial charge is 0.245 e. The van der Waals surface area contributed by atoms with Crippen molar-refractivity contribution in [3.05, 3.63) is 18.4 Å². The van der Waals surface area contributed by atoms with Gasteiger partial charge in [0.2, 0.25) is 5.95 Å². The third kappa shape index (κ3) is 2.85. The fourth-order valence-corrected chi connectivity index (χ4v) is 2.60. The monoisotopic (exact) mass is 275 g/mol. The number of aromatic amines is 1. The van der Waals surface area contributed by atoms with Crippen LogP contribution in [0.1, 0.15) is 19.8 Å². The topological polar surface area (TPSA) is 70.0 Å². The first-order chi connectivity index (χ1) is 9.86. The number of aromatic nitrogens is 3. The van der Waals surface area contributed by atoms with Gasteiger partial charge in [-0.25, -0.2) is 0 Å². The normalized spacial score (nSPS) is 16.8. The van der Waals surface area contributed by atoms with E-state index >= 15 is 0 Å². The van der Waals surface area contributed by atoms with Crippen LogP contribution in [0.15, 0.2) is 22.8 Å². The van der Waals surface area contributed by atoms with Gasteiger partial charge >= 0.3 is 0 Å². The number of rotatable bonds is 5. The van der Waals surface area contributed by atoms with E-state index in [1.807, 2.05) is 12.1 Å². The Morgan fingerprint density at radius 1 is 1.45 bits per heavy atom. The number of furan rings is 1. The Kier molecular flexibility index (Phi) is 4.01. The highest BCUT2D eigenvalue weighted by molar-refractivity contribution is 5.48. The van der Waals surface area contributed by atoms with Crippen molar-refractivity contribution in [3.8, 4) is 11.6 Å². The molecule has 0 radical (unpaired) electrons. The molecule has 1 aliphatic heterocycles. The van der Waals surface area contributed by atoms with Crippen LogP contribution in [0.3, 0.4) is 0 Å². The van der Waals surface area contributed by atoms with Crippen molar-refractivity contribution in [2.45, 2.75) is 19.8 Å². The zero-order valence-electron chi connectivity index (χ0n) is 11.8. The van der Waals surface area contributed by atoms with Crippen molar-refractivity contribution in [3.63, 3.8) is 0 Å². The summed E-state index contributed by atoms with van der Waals surface area (Å²) in [6.07, 6.45) is 4.03. The predicted molar refractivity (Wildman–Crippen MR) is 77.6 cm³/mol. The van der Waals surface area contributed by atoms with Crippen LogP contribution in [0.4, 0.5) is 5.95 Å². The summed E-state index contributed by atoms with van der Waals surface area (Å²) >= 11 is 0. The standard InChI is InChI=1S/C14H21N5O/c1-2-15-10-11-5-7-19(8-6-11)14-16-13(17-18-14)12-4-3-9-20-12/h3-4,9,11,15H,2,5-8,10H2,1H3,(H,16,17,18). The average molecular weight is 275 g/mol. The highest BCUT2D eigenvalue weighted by Gasteiger charge is 2.22. The van der Waals surface area contributed by atoms with E-state index in [0.29, 0.717) is 5.82 Å². The number of anilines is 1. The molecule has 1 saturated heterocycles. The van der Waals surface area contributed by atoms with Gasteiger partial charge in [-0.1, -0.05) is 6.92 Å². The highest BCUT2D eigenvalue weighted by atomic mass is 16.3. The molecule has 108 valence electrons. The summed E-state index contributed by atoms with van der Waals surface area (Å²) in [5.74, 6) is 2.97. The van der Waals surface area contributed by atoms with Crippen molar-refractivity contribution >= 4 is 5.95 Å². The summed E-state index contributed by atoms with van der Waals surface area (Å²) in [4.78, 5) is 6.75. The van der Waals surface area contributed by atoms with Gasteiger partial charge in [-0.3, -0.25) is 5.10 Å². The van der Waals surface area contributed by atoms with Crippen molar-refractivity contribution in [1.82, 2.24) is 20.5 Å². The first-order valence-corrected chi connectivity index (χ1v) is 7.28. The molecule has 2 aromatic rings. The van der Waals surface area contributed by atoms with Gasteiger partial charge in [0.05, 0.1) is 6.26 Å². The number of hydrogen-bond donors (Lipinski definition) is 2. The number of H-pyrrole nitrogens is 1. The van der Waals surface area contributed by atoms with E-state index in [-0.39, 0.29) is 0 Å². The molecule has 6 heteroatoms. The molecule has 0 amide bonds. The van der Waals surface area contributed by atoms with Crippen LogP contribution >= 0.6 is 0 Å². The van der Waals surface area contributed by atoms with Crippen molar-refractivity contribution < 1.29 is 4.42 Å². The quantitative estimate of drug-likeness (QED) is 0.872. The summed E-state index contributed by atoms with van der Waals surface area (Å²) in [6, 6.07) is 3.73. The van der Waals surface area contributed by atoms with Gasteiger partial charge in [0.1, 0.15) is 0 Å². The number of nitrogens with one attached hydrogen (secondary N) is 2. The molecule has 0 bridgehead atoms. The van der Waals surface area contributed by atoms with Gasteiger partial charge in [0.25, 0.3) is 0 Å². The predicted octanol–water partition coefficient (Wildman–Crippen LogP) is 1.89. The molecule has 1 aliphatic rings. The van der Waals surface area contributed by atoms with Gasteiger partial charge in [0, 0.05) is 13.1 Å². The zero-order valence-corrected chi connectivity index (χ0v) is 11.8. The number of piperidine rings is 1. The molecule has 0 atom stereocenters. The molecular weight excluding hydrogens is 254 g/mol. The Morgan fingerprint density at radius 2 is 2.30 bits per heavy atom. The largest absolute Gasteiger partial charge is 0.461 e. The van der Waals surface area contributed by atoms with E-state index < -0.39 is 0 Å². The van der Waals surface area contributed by atoms with E-state index in [1.54, 1.807) is 6.26 Å². The van der Waals surface area contributed by atoms with Gasteiger partial charge in [0.15, 0.2) is 11.6 Å². The van der Waals surface area contributed by atoms with Crippen LogP contribution in [0, 0.1) is 5.92 Å². The molecule has 0 aromatic carbocycles. The molecule has 2 N–H and O–H groups in total. The van der Waals surface area contributed by atoms with Gasteiger partial charge < -0.3 is 14.6 Å². The Balaban J connectivity index is 1.58. The summed E-state index contributed by atoms with van der Waals surface area (Å²) in [6.45, 7) is 6.36. The second-order valence-electron chi connectivity index (χ2n) is 5.20. The Labute approximate surface area is 118 Å². The first kappa shape index (κ1) is 13.2. The summed E-state index contributed by atoms with van der Waals surface area (Å²) in [5, 5.41) is 10.7. The van der Waals surface area contributed by atoms with Crippen LogP contribution in [0.25, 0.3) is 11.6 Å². The molecule has 2 aromatic heterocycles. The Hall–Kier alpha value is -1.82. The van der Waals surface area contributed by atoms with E-state index in [2.05, 4.69) is 32.3 Å². The first-order valence-electron chi connectivity index (χ1n) is 7.28. The SMILES string of the molecule is CCNCC1CCN(c2n[nH]c(-c3ccco3)n2)CC1. The molecule has 0 spiro atoms. The molecule has 0 saturated carbocycles. The van der Waals surface area contributed by atoms with Crippen LogP contribution < -0.4 is 10.2 Å². The maximum Gasteiger partial charge on any atom is 0.245 e. The van der Waals surface area contributed by atoms with Crippen molar-refractivity contribution in [1.29, 1.82) is 0 Å². The molecule has 20 heavy (non-hydrogen) atoms. The lowest BCUT2D eigenvalue weighted by Crippen LogP contribution is -2.37. The number of hydrogen-bond acceptors (Lipinski definition) is 5. The third-order valence-electron chi connectivity index (χ3n) is 3.81. The Bertz CT molecular complexity index is 513. The average Bonchev–Trinajstić information content (AvgIpc) is 3.16. The fourth-order valence-electron chi connectivity index (χ4n) is 2.60. The lowest BCUT2D eigenvalue weighted by molar-refractivity contribution is 0.384. The second kappa shape index (κ2) is 6.09. The summed E-state index contributed by atoms with van der Waals surface area (Å²) in [7, 11) is 0. The molecular formula is C14H21N5O.